The van der Waals surface area contributed by atoms with Crippen molar-refractivity contribution in [2.24, 2.45) is 0 Å². The van der Waals surface area contributed by atoms with Gasteiger partial charge in [-0.2, -0.15) is 0 Å². The summed E-state index contributed by atoms with van der Waals surface area (Å²) in [5, 5.41) is 5.00. The van der Waals surface area contributed by atoms with E-state index in [-0.39, 0.29) is 54.9 Å². The molecule has 0 aliphatic rings. The normalized spacial score (nSPS) is 12.0. The minimum atomic E-state index is -0.807. The van der Waals surface area contributed by atoms with Crippen molar-refractivity contribution in [3.05, 3.63) is 245 Å². The van der Waals surface area contributed by atoms with Crippen LogP contribution in [0.2, 0.25) is 20.1 Å². The van der Waals surface area contributed by atoms with E-state index in [1.807, 2.05) is 63.2 Å². The Morgan fingerprint density at radius 3 is 1.03 bits per heavy atom. The van der Waals surface area contributed by atoms with Gasteiger partial charge < -0.3 is 38.3 Å². The number of thioether (sulfide) groups is 7. The number of aliphatic hydroxyl groups is 1. The number of hydrogen-bond donors (Lipinski definition) is 1. The highest BCUT2D eigenvalue weighted by Crippen LogP contribution is 2.39. The Balaban J connectivity index is 0.000000689. The fourth-order valence-corrected chi connectivity index (χ4v) is 16.1. The smallest absolute Gasteiger partial charge is 0.323 e. The summed E-state index contributed by atoms with van der Waals surface area (Å²) in [7, 11) is 9.02. The summed E-state index contributed by atoms with van der Waals surface area (Å²) in [6, 6.07) is 40.8. The largest absolute Gasteiger partial charge is 0.468 e. The van der Waals surface area contributed by atoms with Crippen molar-refractivity contribution in [1.82, 2.24) is 0 Å². The van der Waals surface area contributed by atoms with Gasteiger partial charge in [0.1, 0.15) is 54.2 Å². The Morgan fingerprint density at radius 1 is 0.339 bits per heavy atom. The maximum absolute atomic E-state index is 13.0. The Bertz CT molecular complexity index is 4470. The fraction of sp³-hybridized carbons (Fsp3) is 0.325. The molecule has 0 aliphatic heterocycles. The molecule has 7 atom stereocenters. The highest BCUT2D eigenvalue weighted by Gasteiger charge is 2.31. The highest BCUT2D eigenvalue weighted by molar-refractivity contribution is 8.15. The molecule has 638 valence electrons. The maximum atomic E-state index is 13.0. The van der Waals surface area contributed by atoms with Gasteiger partial charge in [-0.25, -0.2) is 8.78 Å². The second-order valence-electron chi connectivity index (χ2n) is 23.9. The summed E-state index contributed by atoms with van der Waals surface area (Å²) in [5.41, 5.74) is 8.61. The van der Waals surface area contributed by atoms with Crippen LogP contribution in [0.3, 0.4) is 0 Å². The van der Waals surface area contributed by atoms with Crippen LogP contribution in [0.25, 0.3) is 0 Å². The number of Topliss-reactive ketones (excluding diaryl/α,β-unsaturated/α-hetero) is 1. The number of carbonyl (C=O) groups excluding carboxylic acids is 14. The van der Waals surface area contributed by atoms with Gasteiger partial charge in [0.15, 0.2) is 30.7 Å². The fourth-order valence-electron chi connectivity index (χ4n) is 9.03. The van der Waals surface area contributed by atoms with Crippen LogP contribution in [0.5, 0.6) is 0 Å². The van der Waals surface area contributed by atoms with Crippen LogP contribution in [0.15, 0.2) is 152 Å². The zero-order valence-electron chi connectivity index (χ0n) is 67.2. The van der Waals surface area contributed by atoms with Crippen molar-refractivity contribution in [2.75, 3.05) is 55.5 Å². The SMILES string of the molecule is COC(=O)C(SC(C)=O)c1ccc(C)c(C)c1.COC(=O)C(SC(C)=O)c1ccc(C)cc1.COC(=O)C(SC(C)=O)c1ccc(CO)cc1.COC(=O)C(SC(C)=O)c1ccc(Cl)cc1Cl.COC(=O)C(SC(C)=O)c1ccc(F)cc1.COC(=O)C(SC(C)=O)c1cccc(F)c1.COC(=O)C(SCCC(C)=O)c1ccc(Cl)c(Cl)c1. The molecule has 0 saturated heterocycles. The summed E-state index contributed by atoms with van der Waals surface area (Å²) >= 11 is 30.3. The highest BCUT2D eigenvalue weighted by atomic mass is 35.5. The first kappa shape index (κ1) is 108. The van der Waals surface area contributed by atoms with Crippen molar-refractivity contribution >= 4 is 207 Å². The molecule has 118 heavy (non-hydrogen) atoms. The Morgan fingerprint density at radius 2 is 0.678 bits per heavy atom. The van der Waals surface area contributed by atoms with E-state index >= 15 is 0 Å². The zero-order valence-corrected chi connectivity index (χ0v) is 76.0. The molecule has 0 heterocycles. The molecule has 0 aromatic heterocycles. The van der Waals surface area contributed by atoms with E-state index in [2.05, 4.69) is 23.7 Å². The third-order valence-electron chi connectivity index (χ3n) is 14.8. The first-order valence-electron chi connectivity index (χ1n) is 34.5. The number of methoxy groups -OCH3 is 7. The van der Waals surface area contributed by atoms with Crippen molar-refractivity contribution in [3.63, 3.8) is 0 Å². The van der Waals surface area contributed by atoms with Gasteiger partial charge in [-0.15, -0.1) is 11.8 Å². The van der Waals surface area contributed by atoms with Crippen LogP contribution in [0.4, 0.5) is 8.78 Å². The lowest BCUT2D eigenvalue weighted by atomic mass is 10.0. The van der Waals surface area contributed by atoms with E-state index in [0.717, 1.165) is 110 Å². The molecule has 22 nitrogen and oxygen atoms in total. The molecule has 7 aromatic rings. The molecule has 0 fully saturated rings. The number of ketones is 1. The van der Waals surface area contributed by atoms with E-state index in [1.165, 1.54) is 159 Å². The Labute approximate surface area is 734 Å². The molecule has 0 spiro atoms. The van der Waals surface area contributed by atoms with Crippen LogP contribution in [-0.2, 0) is 107 Å². The lowest BCUT2D eigenvalue weighted by Crippen LogP contribution is -2.13. The van der Waals surface area contributed by atoms with Crippen molar-refractivity contribution < 1.29 is 114 Å². The Hall–Kier alpha value is -8.05. The molecular formula is C83H90Cl4F2O22S7. The molecule has 0 radical (unpaired) electrons. The van der Waals surface area contributed by atoms with Gasteiger partial charge in [-0.05, 0) is 132 Å². The maximum Gasteiger partial charge on any atom is 0.323 e. The predicted molar refractivity (Wildman–Crippen MR) is 466 cm³/mol. The summed E-state index contributed by atoms with van der Waals surface area (Å²) in [4.78, 5) is 158. The third kappa shape index (κ3) is 41.3. The minimum Gasteiger partial charge on any atom is -0.468 e. The predicted octanol–water partition coefficient (Wildman–Crippen LogP) is 19.0. The zero-order chi connectivity index (χ0) is 89.6. The number of esters is 7. The summed E-state index contributed by atoms with van der Waals surface area (Å²) in [6.45, 7) is 15.8. The number of halogens is 6. The second-order valence-corrected chi connectivity index (χ2v) is 34.5. The van der Waals surface area contributed by atoms with Crippen molar-refractivity contribution in [2.45, 2.75) is 119 Å². The van der Waals surface area contributed by atoms with Gasteiger partial charge in [-0.3, -0.25) is 67.1 Å². The van der Waals surface area contributed by atoms with Crippen LogP contribution < -0.4 is 0 Å². The van der Waals surface area contributed by atoms with Crippen LogP contribution in [0, 0.1) is 32.4 Å². The van der Waals surface area contributed by atoms with Gasteiger partial charge in [0.2, 0.25) is 0 Å². The van der Waals surface area contributed by atoms with Gasteiger partial charge in [-0.1, -0.05) is 226 Å². The number of ether oxygens (including phenoxy) is 7. The first-order valence-corrected chi connectivity index (χ1v) is 42.3. The van der Waals surface area contributed by atoms with Crippen LogP contribution in [-0.4, -0.2) is 139 Å². The standard InChI is InChI=1S/C13H14Cl2O3S.C13H16O3S.C12H14O4S.C12H14O3S.C11H10Cl2O3S.2C11H11FO3S/c1-8(16)5-6-19-12(13(17)18-2)9-3-4-10(14)11(15)7-9;1-8-5-6-11(7-9(8)2)12(13(15)16-4)17-10(3)14;1-8(14)17-11(12(15)16-2)10-5-3-9(7-13)4-6-10;1-8-4-6-10(7-5-8)11(12(14)15-3)16-9(2)13;1-6(14)17-10(11(15)16-2)8-4-3-7(12)5-9(8)13;1-7(13)16-10(11(14)15-2)8-3-5-9(12)6-4-8;1-7(13)16-10(11(14)15-2)8-4-3-5-9(12)6-8/h3-4,7,12H,5-6H2,1-2H3;5-7,12H,1-4H3;3-6,11,13H,7H2,1-2H3;4-7,11H,1-3H3;3-5,10H,1-2H3;2*3-6,10H,1-2H3. The summed E-state index contributed by atoms with van der Waals surface area (Å²) < 4.78 is 58.4. The molecule has 7 aromatic carbocycles. The molecule has 0 amide bonds. The number of benzene rings is 7. The lowest BCUT2D eigenvalue weighted by molar-refractivity contribution is -0.141. The quantitative estimate of drug-likeness (QED) is 0.0410. The van der Waals surface area contributed by atoms with Crippen molar-refractivity contribution in [1.29, 1.82) is 0 Å². The lowest BCUT2D eigenvalue weighted by Gasteiger charge is -2.15. The molecule has 7 rings (SSSR count). The monoisotopic (exact) mass is 1840 g/mol. The van der Waals surface area contributed by atoms with Gasteiger partial charge in [0, 0.05) is 63.8 Å². The minimum absolute atomic E-state index is 0.0526. The summed E-state index contributed by atoms with van der Waals surface area (Å²) in [6.07, 6.45) is 0.416. The number of hydrogen-bond acceptors (Lipinski definition) is 29. The van der Waals surface area contributed by atoms with E-state index in [4.69, 9.17) is 61.0 Å². The molecular weight excluding hydrogens is 1750 g/mol. The number of aliphatic hydroxyl groups excluding tert-OH is 1. The molecule has 35 heteroatoms. The van der Waals surface area contributed by atoms with E-state index in [1.54, 1.807) is 60.7 Å². The first-order chi connectivity index (χ1) is 55.6. The van der Waals surface area contributed by atoms with E-state index in [0.29, 0.717) is 54.5 Å². The molecule has 1 N–H and O–H groups in total. The molecule has 7 unspecified atom stereocenters. The second kappa shape index (κ2) is 58.0. The van der Waals surface area contributed by atoms with Crippen LogP contribution >= 0.6 is 129 Å². The molecule has 0 bridgehead atoms. The molecule has 0 aliphatic carbocycles. The third-order valence-corrected chi connectivity index (χ3v) is 23.6. The number of aryl methyl sites for hydroxylation is 3. The van der Waals surface area contributed by atoms with E-state index in [9.17, 15) is 75.9 Å². The topological polar surface area (TPSA) is 324 Å². The van der Waals surface area contributed by atoms with Gasteiger partial charge >= 0.3 is 41.8 Å². The molecule has 0 saturated carbocycles. The van der Waals surface area contributed by atoms with Crippen LogP contribution in [0.1, 0.15) is 153 Å². The van der Waals surface area contributed by atoms with Gasteiger partial charge in [0.25, 0.3) is 0 Å². The number of rotatable bonds is 25. The average Bonchev–Trinajstić information content (AvgIpc) is 0.846. The van der Waals surface area contributed by atoms with E-state index < -0.39 is 78.4 Å². The Kier molecular flexibility index (Phi) is 53.1. The van der Waals surface area contributed by atoms with Crippen molar-refractivity contribution in [3.8, 4) is 0 Å². The average molecular weight is 1840 g/mol. The number of carbonyl (C=O) groups is 14. The van der Waals surface area contributed by atoms with Gasteiger partial charge in [0.05, 0.1) is 66.4 Å². The summed E-state index contributed by atoms with van der Waals surface area (Å²) in [5.74, 6) is -3.42.